The summed E-state index contributed by atoms with van der Waals surface area (Å²) in [6.45, 7) is 11.7. The van der Waals surface area contributed by atoms with Crippen molar-refractivity contribution in [3.63, 3.8) is 0 Å². The molecule has 3 nitrogen and oxygen atoms in total. The summed E-state index contributed by atoms with van der Waals surface area (Å²) in [5, 5.41) is 13.3. The first-order valence-electron chi connectivity index (χ1n) is 7.87. The second-order valence-electron chi connectivity index (χ2n) is 7.80. The molecule has 2 rings (SSSR count). The Balaban J connectivity index is 1.90. The van der Waals surface area contributed by atoms with Crippen LogP contribution in [0.25, 0.3) is 0 Å². The topological polar surface area (TPSA) is 41.5 Å². The highest BCUT2D eigenvalue weighted by Crippen LogP contribution is 2.39. The number of aliphatic hydroxyl groups excluding tert-OH is 1. The molecule has 0 bridgehead atoms. The molecule has 0 aliphatic heterocycles. The van der Waals surface area contributed by atoms with Gasteiger partial charge in [-0.2, -0.15) is 0 Å². The van der Waals surface area contributed by atoms with Crippen molar-refractivity contribution in [2.45, 2.75) is 64.5 Å². The summed E-state index contributed by atoms with van der Waals surface area (Å²) >= 11 is 0. The normalized spacial score (nSPS) is 18.4. The Bertz CT molecular complexity index is 488. The third kappa shape index (κ3) is 4.45. The summed E-state index contributed by atoms with van der Waals surface area (Å²) < 4.78 is 5.76. The summed E-state index contributed by atoms with van der Waals surface area (Å²) in [4.78, 5) is 0. The number of hydrogen-bond donors (Lipinski definition) is 2. The SMILES string of the molecule is CC(C)(C)NCC(O)COc1ccc2c(c1)C(C)(C)CC2. The van der Waals surface area contributed by atoms with Gasteiger partial charge >= 0.3 is 0 Å². The van der Waals surface area contributed by atoms with Crippen LogP contribution in [0.5, 0.6) is 5.75 Å². The lowest BCUT2D eigenvalue weighted by molar-refractivity contribution is 0.1000. The van der Waals surface area contributed by atoms with Gasteiger partial charge in [0.1, 0.15) is 18.5 Å². The van der Waals surface area contributed by atoms with Crippen molar-refractivity contribution in [3.05, 3.63) is 29.3 Å². The number of fused-ring (bicyclic) bond motifs is 1. The van der Waals surface area contributed by atoms with Crippen molar-refractivity contribution in [1.82, 2.24) is 5.32 Å². The van der Waals surface area contributed by atoms with Crippen LogP contribution in [0.1, 0.15) is 52.2 Å². The largest absolute Gasteiger partial charge is 0.491 e. The van der Waals surface area contributed by atoms with Crippen LogP contribution in [-0.4, -0.2) is 29.9 Å². The van der Waals surface area contributed by atoms with Crippen LogP contribution in [0.4, 0.5) is 0 Å². The molecule has 1 unspecified atom stereocenters. The van der Waals surface area contributed by atoms with Crippen molar-refractivity contribution in [1.29, 1.82) is 0 Å². The van der Waals surface area contributed by atoms with Crippen molar-refractivity contribution < 1.29 is 9.84 Å². The molecular weight excluding hydrogens is 262 g/mol. The Hall–Kier alpha value is -1.06. The molecule has 118 valence electrons. The molecule has 0 aromatic heterocycles. The first-order chi connectivity index (χ1) is 9.67. The summed E-state index contributed by atoms with van der Waals surface area (Å²) in [6, 6.07) is 6.33. The Morgan fingerprint density at radius 1 is 1.33 bits per heavy atom. The molecule has 1 aromatic carbocycles. The summed E-state index contributed by atoms with van der Waals surface area (Å²) in [7, 11) is 0. The molecule has 0 heterocycles. The van der Waals surface area contributed by atoms with E-state index in [2.05, 4.69) is 52.1 Å². The average molecular weight is 291 g/mol. The fraction of sp³-hybridized carbons (Fsp3) is 0.667. The van der Waals surface area contributed by atoms with Crippen molar-refractivity contribution in [2.75, 3.05) is 13.2 Å². The van der Waals surface area contributed by atoms with E-state index >= 15 is 0 Å². The van der Waals surface area contributed by atoms with Gasteiger partial charge in [0.05, 0.1) is 0 Å². The molecular formula is C18H29NO2. The van der Waals surface area contributed by atoms with Gasteiger partial charge in [0, 0.05) is 12.1 Å². The van der Waals surface area contributed by atoms with E-state index in [0.717, 1.165) is 12.2 Å². The van der Waals surface area contributed by atoms with Crippen LogP contribution in [0.15, 0.2) is 18.2 Å². The fourth-order valence-electron chi connectivity index (χ4n) is 2.75. The first-order valence-corrected chi connectivity index (χ1v) is 7.87. The van der Waals surface area contributed by atoms with Gasteiger partial charge in [-0.05, 0) is 62.3 Å². The van der Waals surface area contributed by atoms with Crippen LogP contribution in [0.3, 0.4) is 0 Å². The summed E-state index contributed by atoms with van der Waals surface area (Å²) in [5.74, 6) is 0.860. The molecule has 0 fully saturated rings. The number of ether oxygens (including phenoxy) is 1. The van der Waals surface area contributed by atoms with E-state index < -0.39 is 6.10 Å². The third-order valence-electron chi connectivity index (χ3n) is 4.14. The zero-order valence-corrected chi connectivity index (χ0v) is 14.0. The quantitative estimate of drug-likeness (QED) is 0.876. The maximum absolute atomic E-state index is 9.98. The van der Waals surface area contributed by atoms with E-state index in [-0.39, 0.29) is 11.0 Å². The molecule has 0 radical (unpaired) electrons. The van der Waals surface area contributed by atoms with Gasteiger partial charge < -0.3 is 15.2 Å². The number of aryl methyl sites for hydroxylation is 1. The number of aliphatic hydroxyl groups is 1. The smallest absolute Gasteiger partial charge is 0.119 e. The van der Waals surface area contributed by atoms with Gasteiger partial charge in [-0.25, -0.2) is 0 Å². The fourth-order valence-corrected chi connectivity index (χ4v) is 2.75. The standard InChI is InChI=1S/C18H29NO2/c1-17(2,3)19-11-14(20)12-21-15-7-6-13-8-9-18(4,5)16(13)10-15/h6-7,10,14,19-20H,8-9,11-12H2,1-5H3. The Morgan fingerprint density at radius 3 is 2.71 bits per heavy atom. The molecule has 0 spiro atoms. The first kappa shape index (κ1) is 16.3. The van der Waals surface area contributed by atoms with Crippen molar-refractivity contribution >= 4 is 0 Å². The minimum Gasteiger partial charge on any atom is -0.491 e. The maximum Gasteiger partial charge on any atom is 0.119 e. The minimum absolute atomic E-state index is 0.0125. The average Bonchev–Trinajstić information content (AvgIpc) is 2.69. The van der Waals surface area contributed by atoms with Crippen LogP contribution in [-0.2, 0) is 11.8 Å². The van der Waals surface area contributed by atoms with E-state index in [9.17, 15) is 5.11 Å². The number of hydrogen-bond acceptors (Lipinski definition) is 3. The van der Waals surface area contributed by atoms with Crippen LogP contribution in [0, 0.1) is 0 Å². The zero-order chi connectivity index (χ0) is 15.7. The van der Waals surface area contributed by atoms with Crippen LogP contribution >= 0.6 is 0 Å². The van der Waals surface area contributed by atoms with Gasteiger partial charge in [-0.1, -0.05) is 19.9 Å². The molecule has 1 aromatic rings. The lowest BCUT2D eigenvalue weighted by Crippen LogP contribution is -2.42. The number of β-amino-alcohol motifs (C(OH)–C–C–N with tert-alkyl or cyclic N) is 1. The van der Waals surface area contributed by atoms with E-state index in [1.54, 1.807) is 0 Å². The highest BCUT2D eigenvalue weighted by atomic mass is 16.5. The second-order valence-corrected chi connectivity index (χ2v) is 7.80. The molecule has 0 saturated heterocycles. The highest BCUT2D eigenvalue weighted by Gasteiger charge is 2.29. The predicted octanol–water partition coefficient (Wildman–Crippen LogP) is 3.04. The lowest BCUT2D eigenvalue weighted by atomic mass is 9.86. The van der Waals surface area contributed by atoms with E-state index in [4.69, 9.17) is 4.74 Å². The molecule has 1 aliphatic rings. The van der Waals surface area contributed by atoms with E-state index in [1.165, 1.54) is 17.5 Å². The van der Waals surface area contributed by atoms with Gasteiger partial charge in [0.15, 0.2) is 0 Å². The van der Waals surface area contributed by atoms with Crippen LogP contribution in [0.2, 0.25) is 0 Å². The molecule has 0 amide bonds. The highest BCUT2D eigenvalue weighted by molar-refractivity contribution is 5.43. The monoisotopic (exact) mass is 291 g/mol. The van der Waals surface area contributed by atoms with E-state index in [1.807, 2.05) is 6.07 Å². The van der Waals surface area contributed by atoms with Crippen molar-refractivity contribution in [2.24, 2.45) is 0 Å². The third-order valence-corrected chi connectivity index (χ3v) is 4.14. The molecule has 1 aliphatic carbocycles. The lowest BCUT2D eigenvalue weighted by Gasteiger charge is -2.23. The molecule has 1 atom stereocenters. The number of rotatable bonds is 5. The van der Waals surface area contributed by atoms with Crippen molar-refractivity contribution in [3.8, 4) is 5.75 Å². The molecule has 0 saturated carbocycles. The number of nitrogens with one attached hydrogen (secondary N) is 1. The second kappa shape index (κ2) is 5.98. The number of benzene rings is 1. The minimum atomic E-state index is -0.495. The summed E-state index contributed by atoms with van der Waals surface area (Å²) in [5.41, 5.74) is 3.07. The van der Waals surface area contributed by atoms with Gasteiger partial charge in [0.25, 0.3) is 0 Å². The Morgan fingerprint density at radius 2 is 2.05 bits per heavy atom. The molecule has 2 N–H and O–H groups in total. The predicted molar refractivity (Wildman–Crippen MR) is 87.0 cm³/mol. The zero-order valence-electron chi connectivity index (χ0n) is 14.0. The van der Waals surface area contributed by atoms with E-state index in [0.29, 0.717) is 13.2 Å². The van der Waals surface area contributed by atoms with Gasteiger partial charge in [0.2, 0.25) is 0 Å². The Kier molecular flexibility index (Phi) is 4.64. The molecule has 3 heteroatoms. The van der Waals surface area contributed by atoms with Crippen LogP contribution < -0.4 is 10.1 Å². The van der Waals surface area contributed by atoms with Gasteiger partial charge in [-0.15, -0.1) is 0 Å². The maximum atomic E-state index is 9.98. The molecule has 21 heavy (non-hydrogen) atoms. The van der Waals surface area contributed by atoms with Gasteiger partial charge in [-0.3, -0.25) is 0 Å². The Labute approximate surface area is 128 Å². The summed E-state index contributed by atoms with van der Waals surface area (Å²) in [6.07, 6.45) is 1.86.